The highest BCUT2D eigenvalue weighted by Gasteiger charge is 2.05. The molecule has 0 spiro atoms. The zero-order valence-corrected chi connectivity index (χ0v) is 11.0. The first-order chi connectivity index (χ1) is 8.75. The van der Waals surface area contributed by atoms with E-state index in [0.29, 0.717) is 5.88 Å². The van der Waals surface area contributed by atoms with Gasteiger partial charge in [-0.25, -0.2) is 4.98 Å². The van der Waals surface area contributed by atoms with Gasteiger partial charge in [0.15, 0.2) is 0 Å². The third-order valence-corrected chi connectivity index (χ3v) is 2.03. The molecule has 0 bridgehead atoms. The minimum absolute atomic E-state index is 0.0657. The third-order valence-electron chi connectivity index (χ3n) is 2.03. The van der Waals surface area contributed by atoms with Crippen LogP contribution in [0.4, 0.5) is 0 Å². The Kier molecular flexibility index (Phi) is 5.64. The number of benzene rings is 1. The summed E-state index contributed by atoms with van der Waals surface area (Å²) in [5, 5.41) is 0. The van der Waals surface area contributed by atoms with Gasteiger partial charge in [-0.1, -0.05) is 32.0 Å². The molecule has 1 aromatic carbocycles. The first kappa shape index (κ1) is 14.0. The Bertz CT molecular complexity index is 478. The Morgan fingerprint density at radius 3 is 2.56 bits per heavy atom. The Morgan fingerprint density at radius 2 is 1.94 bits per heavy atom. The van der Waals surface area contributed by atoms with Gasteiger partial charge in [0.25, 0.3) is 0 Å². The topological polar surface area (TPSA) is 44.1 Å². The molecule has 0 saturated heterocycles. The largest absolute Gasteiger partial charge is 0.439 e. The molecule has 2 rings (SSSR count). The van der Waals surface area contributed by atoms with Crippen molar-refractivity contribution in [1.29, 1.82) is 0 Å². The monoisotopic (exact) mass is 246 g/mol. The number of para-hydroxylation sites is 1. The smallest absolute Gasteiger partial charge is 0.220 e. The normalized spacial score (nSPS) is 9.28. The summed E-state index contributed by atoms with van der Waals surface area (Å²) in [4.78, 5) is 15.0. The number of ketones is 1. The molecule has 0 unspecified atom stereocenters. The van der Waals surface area contributed by atoms with Crippen molar-refractivity contribution in [2.75, 3.05) is 0 Å². The van der Waals surface area contributed by atoms with Gasteiger partial charge in [0.2, 0.25) is 5.88 Å². The minimum Gasteiger partial charge on any atom is -0.439 e. The second-order valence-electron chi connectivity index (χ2n) is 3.48. The van der Waals surface area contributed by atoms with E-state index in [1.54, 1.807) is 17.1 Å². The molecule has 18 heavy (non-hydrogen) atoms. The molecule has 1 aromatic heterocycles. The number of imidazole rings is 1. The summed E-state index contributed by atoms with van der Waals surface area (Å²) in [6.45, 7) is 5.81. The molecule has 0 aliphatic carbocycles. The highest BCUT2D eigenvalue weighted by Crippen LogP contribution is 2.20. The predicted octanol–water partition coefficient (Wildman–Crippen LogP) is 3.29. The fourth-order valence-electron chi connectivity index (χ4n) is 1.36. The average Bonchev–Trinajstić information content (AvgIpc) is 2.80. The second kappa shape index (κ2) is 7.27. The zero-order valence-electron chi connectivity index (χ0n) is 11.0. The quantitative estimate of drug-likeness (QED) is 0.831. The van der Waals surface area contributed by atoms with Crippen molar-refractivity contribution in [1.82, 2.24) is 9.55 Å². The van der Waals surface area contributed by atoms with Gasteiger partial charge in [-0.15, -0.1) is 0 Å². The number of hydrogen-bond donors (Lipinski definition) is 0. The molecule has 0 saturated carbocycles. The maximum Gasteiger partial charge on any atom is 0.220 e. The van der Waals surface area contributed by atoms with Crippen LogP contribution in [0.25, 0.3) is 0 Å². The molecule has 0 amide bonds. The molecule has 0 N–H and O–H groups in total. The van der Waals surface area contributed by atoms with Crippen molar-refractivity contribution < 1.29 is 9.53 Å². The van der Waals surface area contributed by atoms with Crippen molar-refractivity contribution in [3.05, 3.63) is 42.9 Å². The van der Waals surface area contributed by atoms with E-state index in [1.165, 1.54) is 6.92 Å². The van der Waals surface area contributed by atoms with E-state index in [1.807, 2.05) is 44.2 Å². The Morgan fingerprint density at radius 1 is 1.28 bits per heavy atom. The van der Waals surface area contributed by atoms with Crippen molar-refractivity contribution in [3.8, 4) is 11.6 Å². The van der Waals surface area contributed by atoms with Crippen LogP contribution in [0.2, 0.25) is 0 Å². The zero-order chi connectivity index (χ0) is 13.4. The van der Waals surface area contributed by atoms with Gasteiger partial charge < -0.3 is 4.74 Å². The van der Waals surface area contributed by atoms with Crippen LogP contribution in [0.3, 0.4) is 0 Å². The molecule has 96 valence electrons. The number of carbonyl (C=O) groups is 1. The van der Waals surface area contributed by atoms with Crippen molar-refractivity contribution in [2.24, 2.45) is 0 Å². The molecule has 0 atom stereocenters. The predicted molar refractivity (Wildman–Crippen MR) is 70.8 cm³/mol. The van der Waals surface area contributed by atoms with Gasteiger partial charge in [0, 0.05) is 0 Å². The van der Waals surface area contributed by atoms with Crippen LogP contribution in [0.5, 0.6) is 11.6 Å². The van der Waals surface area contributed by atoms with Crippen LogP contribution in [0.1, 0.15) is 20.8 Å². The van der Waals surface area contributed by atoms with Gasteiger partial charge in [0.1, 0.15) is 11.5 Å². The van der Waals surface area contributed by atoms with Crippen LogP contribution in [-0.4, -0.2) is 15.3 Å². The van der Waals surface area contributed by atoms with Gasteiger partial charge in [0.05, 0.1) is 19.1 Å². The standard InChI is InChI=1S/C12H12N2O2.C2H6/c1-10(15)8-14-9-13-7-12(14)16-11-5-3-2-4-6-11;1-2/h2-7,9H,8H2,1H3;1-2H3. The van der Waals surface area contributed by atoms with E-state index in [2.05, 4.69) is 4.98 Å². The summed E-state index contributed by atoms with van der Waals surface area (Å²) in [6.07, 6.45) is 3.18. The van der Waals surface area contributed by atoms with Crippen molar-refractivity contribution in [3.63, 3.8) is 0 Å². The average molecular weight is 246 g/mol. The number of Topliss-reactive ketones (excluding diaryl/α,β-unsaturated/α-hetero) is 1. The number of ether oxygens (including phenoxy) is 1. The van der Waals surface area contributed by atoms with E-state index in [4.69, 9.17) is 4.74 Å². The van der Waals surface area contributed by atoms with Gasteiger partial charge in [-0.3, -0.25) is 9.36 Å². The Balaban J connectivity index is 0.000000771. The Labute approximate surface area is 107 Å². The van der Waals surface area contributed by atoms with Crippen LogP contribution >= 0.6 is 0 Å². The molecule has 2 aromatic rings. The summed E-state index contributed by atoms with van der Waals surface area (Å²) in [7, 11) is 0. The van der Waals surface area contributed by atoms with Crippen LogP contribution in [0.15, 0.2) is 42.9 Å². The summed E-state index contributed by atoms with van der Waals surface area (Å²) < 4.78 is 7.27. The molecular formula is C14H18N2O2. The first-order valence-electron chi connectivity index (χ1n) is 5.98. The second-order valence-corrected chi connectivity index (χ2v) is 3.48. The lowest BCUT2D eigenvalue weighted by Crippen LogP contribution is -2.06. The third kappa shape index (κ3) is 4.05. The molecule has 4 heteroatoms. The summed E-state index contributed by atoms with van der Waals surface area (Å²) in [5.74, 6) is 1.37. The van der Waals surface area contributed by atoms with E-state index in [-0.39, 0.29) is 12.3 Å². The highest BCUT2D eigenvalue weighted by atomic mass is 16.5. The fourth-order valence-corrected chi connectivity index (χ4v) is 1.36. The molecule has 0 aliphatic rings. The van der Waals surface area contributed by atoms with Gasteiger partial charge in [-0.2, -0.15) is 0 Å². The maximum absolute atomic E-state index is 11.0. The minimum atomic E-state index is 0.0657. The van der Waals surface area contributed by atoms with Crippen LogP contribution in [-0.2, 0) is 11.3 Å². The summed E-state index contributed by atoms with van der Waals surface area (Å²) >= 11 is 0. The number of aromatic nitrogens is 2. The maximum atomic E-state index is 11.0. The number of nitrogens with zero attached hydrogens (tertiary/aromatic N) is 2. The molecular weight excluding hydrogens is 228 g/mol. The Hall–Kier alpha value is -2.10. The molecule has 0 aliphatic heterocycles. The van der Waals surface area contributed by atoms with Gasteiger partial charge >= 0.3 is 0 Å². The van der Waals surface area contributed by atoms with E-state index in [0.717, 1.165) is 5.75 Å². The van der Waals surface area contributed by atoms with E-state index >= 15 is 0 Å². The summed E-state index contributed by atoms with van der Waals surface area (Å²) in [5.41, 5.74) is 0. The molecule has 0 fully saturated rings. The molecule has 0 radical (unpaired) electrons. The molecule has 1 heterocycles. The first-order valence-corrected chi connectivity index (χ1v) is 5.98. The van der Waals surface area contributed by atoms with Crippen molar-refractivity contribution >= 4 is 5.78 Å². The fraction of sp³-hybridized carbons (Fsp3) is 0.286. The summed E-state index contributed by atoms with van der Waals surface area (Å²) in [6, 6.07) is 9.40. The van der Waals surface area contributed by atoms with Gasteiger partial charge in [-0.05, 0) is 19.1 Å². The molecule has 4 nitrogen and oxygen atoms in total. The number of carbonyl (C=O) groups excluding carboxylic acids is 1. The lowest BCUT2D eigenvalue weighted by atomic mass is 10.3. The lowest BCUT2D eigenvalue weighted by Gasteiger charge is -2.07. The number of rotatable bonds is 4. The SMILES string of the molecule is CC.CC(=O)Cn1cncc1Oc1ccccc1. The van der Waals surface area contributed by atoms with Crippen molar-refractivity contribution in [2.45, 2.75) is 27.3 Å². The van der Waals surface area contributed by atoms with E-state index in [9.17, 15) is 4.79 Å². The van der Waals surface area contributed by atoms with Crippen LogP contribution in [0, 0.1) is 0 Å². The van der Waals surface area contributed by atoms with Crippen LogP contribution < -0.4 is 4.74 Å². The lowest BCUT2D eigenvalue weighted by molar-refractivity contribution is -0.117. The number of hydrogen-bond acceptors (Lipinski definition) is 3. The van der Waals surface area contributed by atoms with E-state index < -0.39 is 0 Å². The highest BCUT2D eigenvalue weighted by molar-refractivity contribution is 5.75.